The number of hydrogen-bond donors (Lipinski definition) is 0. The summed E-state index contributed by atoms with van der Waals surface area (Å²) in [4.78, 5) is 0. The minimum absolute atomic E-state index is 0.00456. The predicted octanol–water partition coefficient (Wildman–Crippen LogP) is 4.43. The molecule has 0 radical (unpaired) electrons. The largest absolute Gasteiger partial charge is 0.493 e. The molecular formula is C15H12F3NO. The topological polar surface area (TPSA) is 33.0 Å². The molecule has 0 heterocycles. The zero-order valence-corrected chi connectivity index (χ0v) is 10.6. The zero-order chi connectivity index (χ0) is 14.6. The van der Waals surface area contributed by atoms with Gasteiger partial charge in [-0.05, 0) is 18.6 Å². The molecule has 0 aromatic heterocycles. The summed E-state index contributed by atoms with van der Waals surface area (Å²) in [6, 6.07) is 12.5. The number of halogens is 3. The lowest BCUT2D eigenvalue weighted by Crippen LogP contribution is -2.09. The molecule has 0 saturated heterocycles. The molecule has 2 nitrogen and oxygen atoms in total. The van der Waals surface area contributed by atoms with E-state index in [4.69, 9.17) is 10.00 Å². The fraction of sp³-hybridized carbons (Fsp3) is 0.267. The molecule has 0 aliphatic carbocycles. The third-order valence-corrected chi connectivity index (χ3v) is 2.87. The second-order valence-electron chi connectivity index (χ2n) is 4.34. The van der Waals surface area contributed by atoms with E-state index in [1.165, 1.54) is 0 Å². The number of alkyl halides is 3. The van der Waals surface area contributed by atoms with Gasteiger partial charge in [-0.3, -0.25) is 0 Å². The summed E-state index contributed by atoms with van der Waals surface area (Å²) < 4.78 is 41.5. The molecule has 104 valence electrons. The lowest BCUT2D eigenvalue weighted by molar-refractivity contribution is -0.136. The van der Waals surface area contributed by atoms with Gasteiger partial charge in [0.2, 0.25) is 0 Å². The summed E-state index contributed by atoms with van der Waals surface area (Å²) in [5.74, 6) is 0.502. The van der Waals surface area contributed by atoms with Crippen LogP contribution < -0.4 is 4.74 Å². The molecule has 0 unspecified atom stereocenters. The van der Waals surface area contributed by atoms with E-state index >= 15 is 0 Å². The van der Waals surface area contributed by atoms with Crippen LogP contribution in [0.3, 0.4) is 0 Å². The molecule has 2 aromatic rings. The van der Waals surface area contributed by atoms with Gasteiger partial charge in [0.1, 0.15) is 5.75 Å². The molecule has 0 saturated carbocycles. The van der Waals surface area contributed by atoms with E-state index in [1.807, 2.05) is 0 Å². The molecule has 2 aromatic carbocycles. The van der Waals surface area contributed by atoms with Crippen LogP contribution in [0.5, 0.6) is 5.75 Å². The predicted molar refractivity (Wildman–Crippen MR) is 69.4 cm³/mol. The first-order valence-corrected chi connectivity index (χ1v) is 6.12. The first-order valence-electron chi connectivity index (χ1n) is 6.12. The Balaban J connectivity index is 2.14. The van der Waals surface area contributed by atoms with Crippen LogP contribution in [0.2, 0.25) is 0 Å². The van der Waals surface area contributed by atoms with E-state index in [1.54, 1.807) is 36.4 Å². The van der Waals surface area contributed by atoms with Crippen LogP contribution in [-0.2, 0) is 0 Å². The maximum atomic E-state index is 12.0. The van der Waals surface area contributed by atoms with E-state index in [0.717, 1.165) is 10.8 Å². The maximum absolute atomic E-state index is 12.0. The van der Waals surface area contributed by atoms with E-state index in [0.29, 0.717) is 11.3 Å². The van der Waals surface area contributed by atoms with Gasteiger partial charge < -0.3 is 4.74 Å². The van der Waals surface area contributed by atoms with Crippen molar-refractivity contribution in [1.29, 1.82) is 5.26 Å². The average molecular weight is 279 g/mol. The second kappa shape index (κ2) is 5.83. The summed E-state index contributed by atoms with van der Waals surface area (Å²) in [6.07, 6.45) is -5.10. The Labute approximate surface area is 114 Å². The van der Waals surface area contributed by atoms with Gasteiger partial charge in [0, 0.05) is 17.2 Å². The van der Waals surface area contributed by atoms with E-state index in [-0.39, 0.29) is 13.0 Å². The van der Waals surface area contributed by atoms with Crippen LogP contribution in [0.25, 0.3) is 10.8 Å². The molecule has 0 amide bonds. The number of nitriles is 1. The van der Waals surface area contributed by atoms with E-state index in [9.17, 15) is 13.2 Å². The lowest BCUT2D eigenvalue weighted by atomic mass is 10.0. The normalized spacial score (nSPS) is 11.3. The van der Waals surface area contributed by atoms with Gasteiger partial charge in [-0.1, -0.05) is 24.3 Å². The number of ether oxygens (including phenoxy) is 1. The third-order valence-electron chi connectivity index (χ3n) is 2.87. The smallest absolute Gasteiger partial charge is 0.389 e. The highest BCUT2D eigenvalue weighted by atomic mass is 19.4. The molecule has 0 atom stereocenters. The van der Waals surface area contributed by atoms with Crippen molar-refractivity contribution in [2.45, 2.75) is 19.0 Å². The van der Waals surface area contributed by atoms with Crippen molar-refractivity contribution in [3.63, 3.8) is 0 Å². The lowest BCUT2D eigenvalue weighted by Gasteiger charge is -2.11. The molecule has 0 N–H and O–H groups in total. The minimum atomic E-state index is -4.16. The van der Waals surface area contributed by atoms with Crippen LogP contribution in [0.4, 0.5) is 13.2 Å². The SMILES string of the molecule is N#Cc1ccc(OCCCC(F)(F)F)c2ccccc12. The molecule has 0 bridgehead atoms. The van der Waals surface area contributed by atoms with Gasteiger partial charge in [0.05, 0.1) is 18.2 Å². The molecule has 0 aliphatic heterocycles. The molecular weight excluding hydrogens is 267 g/mol. The summed E-state index contributed by atoms with van der Waals surface area (Å²) in [5.41, 5.74) is 0.517. The van der Waals surface area contributed by atoms with Crippen LogP contribution in [0.1, 0.15) is 18.4 Å². The van der Waals surface area contributed by atoms with Crippen molar-refractivity contribution in [1.82, 2.24) is 0 Å². The Morgan fingerprint density at radius 1 is 1.05 bits per heavy atom. The number of benzene rings is 2. The highest BCUT2D eigenvalue weighted by molar-refractivity contribution is 5.92. The second-order valence-corrected chi connectivity index (χ2v) is 4.34. The fourth-order valence-corrected chi connectivity index (χ4v) is 1.95. The Morgan fingerprint density at radius 3 is 2.40 bits per heavy atom. The fourth-order valence-electron chi connectivity index (χ4n) is 1.95. The van der Waals surface area contributed by atoms with Crippen molar-refractivity contribution < 1.29 is 17.9 Å². The van der Waals surface area contributed by atoms with Gasteiger partial charge in [0.25, 0.3) is 0 Å². The number of rotatable bonds is 4. The Morgan fingerprint density at radius 2 is 1.75 bits per heavy atom. The van der Waals surface area contributed by atoms with Crippen molar-refractivity contribution in [3.8, 4) is 11.8 Å². The van der Waals surface area contributed by atoms with E-state index < -0.39 is 12.6 Å². The Hall–Kier alpha value is -2.22. The first kappa shape index (κ1) is 14.2. The van der Waals surface area contributed by atoms with Crippen molar-refractivity contribution in [2.75, 3.05) is 6.61 Å². The van der Waals surface area contributed by atoms with Crippen molar-refractivity contribution >= 4 is 10.8 Å². The summed E-state index contributed by atoms with van der Waals surface area (Å²) in [7, 11) is 0. The van der Waals surface area contributed by atoms with Crippen molar-refractivity contribution in [3.05, 3.63) is 42.0 Å². The summed E-state index contributed by atoms with van der Waals surface area (Å²) in [6.45, 7) is -0.00456. The number of fused-ring (bicyclic) bond motifs is 1. The van der Waals surface area contributed by atoms with Gasteiger partial charge in [-0.25, -0.2) is 0 Å². The van der Waals surface area contributed by atoms with Gasteiger partial charge in [0.15, 0.2) is 0 Å². The standard InChI is InChI=1S/C15H12F3NO/c16-15(17,18)8-3-9-20-14-7-6-11(10-19)12-4-1-2-5-13(12)14/h1-2,4-7H,3,8-9H2. The van der Waals surface area contributed by atoms with Gasteiger partial charge in [-0.15, -0.1) is 0 Å². The van der Waals surface area contributed by atoms with Gasteiger partial charge >= 0.3 is 6.18 Å². The highest BCUT2D eigenvalue weighted by Crippen LogP contribution is 2.29. The number of nitrogens with zero attached hydrogens (tertiary/aromatic N) is 1. The molecule has 20 heavy (non-hydrogen) atoms. The monoisotopic (exact) mass is 279 g/mol. The van der Waals surface area contributed by atoms with Crippen LogP contribution >= 0.6 is 0 Å². The molecule has 0 spiro atoms. The quantitative estimate of drug-likeness (QED) is 0.775. The summed E-state index contributed by atoms with van der Waals surface area (Å²) >= 11 is 0. The van der Waals surface area contributed by atoms with E-state index in [2.05, 4.69) is 6.07 Å². The van der Waals surface area contributed by atoms with Crippen LogP contribution in [0.15, 0.2) is 36.4 Å². The highest BCUT2D eigenvalue weighted by Gasteiger charge is 2.26. The number of hydrogen-bond acceptors (Lipinski definition) is 2. The summed E-state index contributed by atoms with van der Waals surface area (Å²) in [5, 5.41) is 10.5. The zero-order valence-electron chi connectivity index (χ0n) is 10.6. The van der Waals surface area contributed by atoms with Crippen LogP contribution in [0, 0.1) is 11.3 Å². The molecule has 0 fully saturated rings. The van der Waals surface area contributed by atoms with Crippen molar-refractivity contribution in [2.24, 2.45) is 0 Å². The molecule has 2 rings (SSSR count). The average Bonchev–Trinajstić information content (AvgIpc) is 2.42. The minimum Gasteiger partial charge on any atom is -0.493 e. The first-order chi connectivity index (χ1) is 9.51. The Bertz CT molecular complexity index is 644. The Kier molecular flexibility index (Phi) is 4.14. The third kappa shape index (κ3) is 3.41. The molecule has 0 aliphatic rings. The maximum Gasteiger partial charge on any atom is 0.389 e. The molecule has 5 heteroatoms. The van der Waals surface area contributed by atoms with Crippen LogP contribution in [-0.4, -0.2) is 12.8 Å². The van der Waals surface area contributed by atoms with Gasteiger partial charge in [-0.2, -0.15) is 18.4 Å².